The van der Waals surface area contributed by atoms with E-state index in [1.165, 1.54) is 0 Å². The summed E-state index contributed by atoms with van der Waals surface area (Å²) in [5, 5.41) is 0. The van der Waals surface area contributed by atoms with Crippen LogP contribution in [0.2, 0.25) is 0 Å². The van der Waals surface area contributed by atoms with Crippen LogP contribution in [0.5, 0.6) is 0 Å². The van der Waals surface area contributed by atoms with E-state index in [1.807, 2.05) is 60.7 Å². The molecule has 0 aliphatic heterocycles. The lowest BCUT2D eigenvalue weighted by molar-refractivity contribution is 1.10. The molecule has 1 aromatic heterocycles. The van der Waals surface area contributed by atoms with Crippen molar-refractivity contribution in [2.75, 3.05) is 11.5 Å². The van der Waals surface area contributed by atoms with E-state index in [0.29, 0.717) is 23.9 Å². The maximum absolute atomic E-state index is 6.08. The number of nitrogen functional groups attached to an aromatic ring is 2. The zero-order valence-corrected chi connectivity index (χ0v) is 11.5. The van der Waals surface area contributed by atoms with Crippen LogP contribution in [0.25, 0.3) is 11.4 Å². The van der Waals surface area contributed by atoms with Crippen LogP contribution in [0, 0.1) is 0 Å². The summed E-state index contributed by atoms with van der Waals surface area (Å²) in [7, 11) is 0. The second kappa shape index (κ2) is 5.63. The number of nitrogens with zero attached hydrogens (tertiary/aromatic N) is 2. The molecule has 21 heavy (non-hydrogen) atoms. The van der Waals surface area contributed by atoms with Gasteiger partial charge in [0.15, 0.2) is 5.82 Å². The number of benzene rings is 2. The molecule has 0 saturated heterocycles. The van der Waals surface area contributed by atoms with Crippen molar-refractivity contribution in [1.82, 2.24) is 9.97 Å². The number of hydrogen-bond donors (Lipinski definition) is 2. The van der Waals surface area contributed by atoms with Crippen molar-refractivity contribution < 1.29 is 0 Å². The standard InChI is InChI=1S/C17H16N4/c18-15-14(11-12-7-3-1-4-8-12)16(19)21-17(20-15)13-9-5-2-6-10-13/h1-10H,11H2,(H4,18,19,20,21). The lowest BCUT2D eigenvalue weighted by atomic mass is 10.1. The average Bonchev–Trinajstić information content (AvgIpc) is 2.52. The van der Waals surface area contributed by atoms with E-state index < -0.39 is 0 Å². The van der Waals surface area contributed by atoms with E-state index in [4.69, 9.17) is 11.5 Å². The van der Waals surface area contributed by atoms with Crippen molar-refractivity contribution in [2.45, 2.75) is 6.42 Å². The average molecular weight is 276 g/mol. The molecule has 0 amide bonds. The Hall–Kier alpha value is -2.88. The van der Waals surface area contributed by atoms with Gasteiger partial charge in [-0.2, -0.15) is 0 Å². The Bertz CT molecular complexity index is 716. The topological polar surface area (TPSA) is 77.8 Å². The Kier molecular flexibility index (Phi) is 3.51. The van der Waals surface area contributed by atoms with Gasteiger partial charge in [-0.15, -0.1) is 0 Å². The van der Waals surface area contributed by atoms with Crippen LogP contribution in [0.1, 0.15) is 11.1 Å². The second-order valence-electron chi connectivity index (χ2n) is 4.82. The highest BCUT2D eigenvalue weighted by Gasteiger charge is 2.11. The Morgan fingerprint density at radius 3 is 1.81 bits per heavy atom. The van der Waals surface area contributed by atoms with Gasteiger partial charge in [0.25, 0.3) is 0 Å². The minimum Gasteiger partial charge on any atom is -0.383 e. The molecule has 0 aliphatic carbocycles. The van der Waals surface area contributed by atoms with Gasteiger partial charge in [0, 0.05) is 17.5 Å². The minimum absolute atomic E-state index is 0.435. The third-order valence-electron chi connectivity index (χ3n) is 3.33. The molecule has 0 radical (unpaired) electrons. The number of hydrogen-bond acceptors (Lipinski definition) is 4. The largest absolute Gasteiger partial charge is 0.383 e. The molecule has 0 atom stereocenters. The summed E-state index contributed by atoms with van der Waals surface area (Å²) in [6.45, 7) is 0. The number of aromatic nitrogens is 2. The first-order chi connectivity index (χ1) is 10.2. The summed E-state index contributed by atoms with van der Waals surface area (Å²) in [6.07, 6.45) is 0.633. The van der Waals surface area contributed by atoms with Crippen LogP contribution in [-0.2, 0) is 6.42 Å². The Morgan fingerprint density at radius 1 is 0.714 bits per heavy atom. The van der Waals surface area contributed by atoms with Crippen LogP contribution in [0.4, 0.5) is 11.6 Å². The Labute approximate surface area is 123 Å². The van der Waals surface area contributed by atoms with E-state index in [0.717, 1.165) is 16.7 Å². The van der Waals surface area contributed by atoms with E-state index in [2.05, 4.69) is 9.97 Å². The maximum Gasteiger partial charge on any atom is 0.163 e. The predicted octanol–water partition coefficient (Wildman–Crippen LogP) is 2.90. The maximum atomic E-state index is 6.08. The number of nitrogens with two attached hydrogens (primary N) is 2. The van der Waals surface area contributed by atoms with Crippen molar-refractivity contribution in [3.05, 3.63) is 71.8 Å². The summed E-state index contributed by atoms with van der Waals surface area (Å²) in [4.78, 5) is 8.77. The van der Waals surface area contributed by atoms with Crippen molar-refractivity contribution in [3.63, 3.8) is 0 Å². The SMILES string of the molecule is Nc1nc(-c2ccccc2)nc(N)c1Cc1ccccc1. The molecule has 0 fully saturated rings. The van der Waals surface area contributed by atoms with Crippen LogP contribution in [-0.4, -0.2) is 9.97 Å². The lowest BCUT2D eigenvalue weighted by Gasteiger charge is -2.10. The smallest absolute Gasteiger partial charge is 0.163 e. The van der Waals surface area contributed by atoms with Crippen molar-refractivity contribution >= 4 is 11.6 Å². The first kappa shape index (κ1) is 13.1. The molecule has 3 aromatic rings. The van der Waals surface area contributed by atoms with E-state index in [9.17, 15) is 0 Å². The van der Waals surface area contributed by atoms with Crippen molar-refractivity contribution in [1.29, 1.82) is 0 Å². The third-order valence-corrected chi connectivity index (χ3v) is 3.33. The van der Waals surface area contributed by atoms with Gasteiger partial charge in [-0.05, 0) is 5.56 Å². The molecule has 3 rings (SSSR count). The molecule has 1 heterocycles. The van der Waals surface area contributed by atoms with Crippen molar-refractivity contribution in [2.24, 2.45) is 0 Å². The highest BCUT2D eigenvalue weighted by atomic mass is 15.0. The molecule has 0 aliphatic rings. The molecule has 4 heteroatoms. The molecule has 4 N–H and O–H groups in total. The van der Waals surface area contributed by atoms with Crippen molar-refractivity contribution in [3.8, 4) is 11.4 Å². The van der Waals surface area contributed by atoms with Gasteiger partial charge >= 0.3 is 0 Å². The summed E-state index contributed by atoms with van der Waals surface area (Å²) in [6, 6.07) is 19.7. The summed E-state index contributed by atoms with van der Waals surface area (Å²) in [5.74, 6) is 1.43. The third kappa shape index (κ3) is 2.84. The van der Waals surface area contributed by atoms with Crippen LogP contribution in [0.3, 0.4) is 0 Å². The minimum atomic E-state index is 0.435. The highest BCUT2D eigenvalue weighted by molar-refractivity contribution is 5.63. The number of anilines is 2. The van der Waals surface area contributed by atoms with E-state index in [-0.39, 0.29) is 0 Å². The van der Waals surface area contributed by atoms with Crippen LogP contribution < -0.4 is 11.5 Å². The van der Waals surface area contributed by atoms with Gasteiger partial charge in [-0.1, -0.05) is 60.7 Å². The summed E-state index contributed by atoms with van der Waals surface area (Å²) < 4.78 is 0. The summed E-state index contributed by atoms with van der Waals surface area (Å²) >= 11 is 0. The van der Waals surface area contributed by atoms with E-state index >= 15 is 0 Å². The predicted molar refractivity (Wildman–Crippen MR) is 85.5 cm³/mol. The molecule has 0 bridgehead atoms. The van der Waals surface area contributed by atoms with E-state index in [1.54, 1.807) is 0 Å². The molecular formula is C17H16N4. The van der Waals surface area contributed by atoms with Gasteiger partial charge < -0.3 is 11.5 Å². The monoisotopic (exact) mass is 276 g/mol. The zero-order valence-electron chi connectivity index (χ0n) is 11.5. The second-order valence-corrected chi connectivity index (χ2v) is 4.82. The van der Waals surface area contributed by atoms with Gasteiger partial charge in [0.1, 0.15) is 11.6 Å². The Balaban J connectivity index is 1.97. The van der Waals surface area contributed by atoms with Gasteiger partial charge in [-0.3, -0.25) is 0 Å². The first-order valence-electron chi connectivity index (χ1n) is 6.75. The number of rotatable bonds is 3. The van der Waals surface area contributed by atoms with Gasteiger partial charge in [0.05, 0.1) is 0 Å². The molecule has 4 nitrogen and oxygen atoms in total. The first-order valence-corrected chi connectivity index (χ1v) is 6.75. The fourth-order valence-electron chi connectivity index (χ4n) is 2.22. The molecule has 0 spiro atoms. The molecule has 0 saturated carbocycles. The Morgan fingerprint density at radius 2 is 1.24 bits per heavy atom. The molecule has 2 aromatic carbocycles. The molecule has 104 valence electrons. The van der Waals surface area contributed by atoms with Gasteiger partial charge in [-0.25, -0.2) is 9.97 Å². The molecule has 0 unspecified atom stereocenters. The lowest BCUT2D eigenvalue weighted by Crippen LogP contribution is -2.07. The molecular weight excluding hydrogens is 260 g/mol. The summed E-state index contributed by atoms with van der Waals surface area (Å²) in [5.41, 5.74) is 15.0. The van der Waals surface area contributed by atoms with Crippen LogP contribution in [0.15, 0.2) is 60.7 Å². The van der Waals surface area contributed by atoms with Gasteiger partial charge in [0.2, 0.25) is 0 Å². The fourth-order valence-corrected chi connectivity index (χ4v) is 2.22. The quantitative estimate of drug-likeness (QED) is 0.771. The zero-order chi connectivity index (χ0) is 14.7. The normalized spacial score (nSPS) is 10.5. The van der Waals surface area contributed by atoms with Crippen LogP contribution >= 0.6 is 0 Å². The fraction of sp³-hybridized carbons (Fsp3) is 0.0588. The highest BCUT2D eigenvalue weighted by Crippen LogP contribution is 2.24.